The number of nitrogens with one attached hydrogen (secondary N) is 2. The van der Waals surface area contributed by atoms with Crippen LogP contribution in [0, 0.1) is 0 Å². The molecular weight excluding hydrogens is 336 g/mol. The van der Waals surface area contributed by atoms with Crippen LogP contribution in [-0.4, -0.2) is 21.1 Å². The van der Waals surface area contributed by atoms with Crippen molar-refractivity contribution < 1.29 is 4.79 Å². The van der Waals surface area contributed by atoms with Gasteiger partial charge in [-0.15, -0.1) is 0 Å². The number of amides is 1. The third kappa shape index (κ3) is 4.67. The van der Waals surface area contributed by atoms with Gasteiger partial charge in [-0.2, -0.15) is 5.10 Å². The Bertz CT molecular complexity index is 830. The van der Waals surface area contributed by atoms with Crippen molar-refractivity contribution >= 4 is 17.5 Å². The van der Waals surface area contributed by atoms with E-state index >= 15 is 0 Å². The largest absolute Gasteiger partial charge is 0.346 e. The second-order valence-corrected chi connectivity index (χ2v) is 6.26. The molecule has 0 bridgehead atoms. The van der Waals surface area contributed by atoms with Crippen molar-refractivity contribution in [3.63, 3.8) is 0 Å². The number of aryl methyl sites for hydroxylation is 1. The number of benzene rings is 2. The Balaban J connectivity index is 1.57. The van der Waals surface area contributed by atoms with Gasteiger partial charge in [0.15, 0.2) is 5.82 Å². The summed E-state index contributed by atoms with van der Waals surface area (Å²) in [5, 5.41) is 10.7. The summed E-state index contributed by atoms with van der Waals surface area (Å²) >= 11 is 5.89. The molecule has 0 radical (unpaired) electrons. The highest BCUT2D eigenvalue weighted by atomic mass is 35.5. The first-order valence-corrected chi connectivity index (χ1v) is 8.51. The molecule has 3 aromatic rings. The monoisotopic (exact) mass is 354 g/mol. The molecule has 5 nitrogen and oxygen atoms in total. The van der Waals surface area contributed by atoms with Crippen LogP contribution < -0.4 is 5.32 Å². The van der Waals surface area contributed by atoms with Gasteiger partial charge in [-0.3, -0.25) is 9.89 Å². The molecule has 0 spiro atoms. The van der Waals surface area contributed by atoms with E-state index < -0.39 is 0 Å². The quantitative estimate of drug-likeness (QED) is 0.704. The van der Waals surface area contributed by atoms with Crippen molar-refractivity contribution in [1.29, 1.82) is 0 Å². The molecule has 2 N–H and O–H groups in total. The maximum absolute atomic E-state index is 12.1. The van der Waals surface area contributed by atoms with Crippen LogP contribution in [0.25, 0.3) is 11.4 Å². The number of H-pyrrole nitrogens is 1. The van der Waals surface area contributed by atoms with E-state index in [0.29, 0.717) is 29.5 Å². The third-order valence-corrected chi connectivity index (χ3v) is 4.13. The van der Waals surface area contributed by atoms with Gasteiger partial charge in [-0.1, -0.05) is 41.9 Å². The minimum atomic E-state index is -0.239. The smallest absolute Gasteiger partial charge is 0.220 e. The minimum absolute atomic E-state index is 0.0132. The van der Waals surface area contributed by atoms with Gasteiger partial charge in [0.2, 0.25) is 5.91 Å². The molecule has 1 atom stereocenters. The summed E-state index contributed by atoms with van der Waals surface area (Å²) in [7, 11) is 0. The average Bonchev–Trinajstić information content (AvgIpc) is 3.12. The van der Waals surface area contributed by atoms with Crippen molar-refractivity contribution in [1.82, 2.24) is 20.5 Å². The SMILES string of the molecule is CC(NC(=O)CCc1ccccc1)c1nc(-c2ccc(Cl)cc2)n[nH]1. The number of aromatic amines is 1. The molecule has 6 heteroatoms. The number of nitrogens with zero attached hydrogens (tertiary/aromatic N) is 2. The van der Waals surface area contributed by atoms with E-state index in [0.717, 1.165) is 11.1 Å². The van der Waals surface area contributed by atoms with Gasteiger partial charge in [-0.25, -0.2) is 4.98 Å². The van der Waals surface area contributed by atoms with Crippen LogP contribution in [0.5, 0.6) is 0 Å². The zero-order valence-electron chi connectivity index (χ0n) is 13.9. The molecule has 128 valence electrons. The van der Waals surface area contributed by atoms with E-state index in [1.807, 2.05) is 49.4 Å². The van der Waals surface area contributed by atoms with E-state index in [9.17, 15) is 4.79 Å². The lowest BCUT2D eigenvalue weighted by Crippen LogP contribution is -2.27. The van der Waals surface area contributed by atoms with Crippen LogP contribution in [0.15, 0.2) is 54.6 Å². The molecular formula is C19H19ClN4O. The Hall–Kier alpha value is -2.66. The zero-order chi connectivity index (χ0) is 17.6. The molecule has 0 aliphatic heterocycles. The number of carbonyl (C=O) groups is 1. The van der Waals surface area contributed by atoms with Crippen LogP contribution in [0.4, 0.5) is 0 Å². The van der Waals surface area contributed by atoms with E-state index in [1.54, 1.807) is 12.1 Å². The van der Waals surface area contributed by atoms with Crippen molar-refractivity contribution in [3.05, 3.63) is 71.0 Å². The summed E-state index contributed by atoms with van der Waals surface area (Å²) < 4.78 is 0. The van der Waals surface area contributed by atoms with Crippen LogP contribution in [-0.2, 0) is 11.2 Å². The van der Waals surface area contributed by atoms with Gasteiger partial charge in [0.25, 0.3) is 0 Å². The second-order valence-electron chi connectivity index (χ2n) is 5.83. The fraction of sp³-hybridized carbons (Fsp3) is 0.211. The minimum Gasteiger partial charge on any atom is -0.346 e. The molecule has 0 aliphatic carbocycles. The molecule has 0 fully saturated rings. The summed E-state index contributed by atoms with van der Waals surface area (Å²) in [6.07, 6.45) is 1.15. The van der Waals surface area contributed by atoms with Crippen molar-refractivity contribution in [3.8, 4) is 11.4 Å². The number of carbonyl (C=O) groups excluding carboxylic acids is 1. The molecule has 3 rings (SSSR count). The first-order valence-electron chi connectivity index (χ1n) is 8.13. The van der Waals surface area contributed by atoms with Crippen LogP contribution in [0.2, 0.25) is 5.02 Å². The predicted molar refractivity (Wildman–Crippen MR) is 98.1 cm³/mol. The highest BCUT2D eigenvalue weighted by Crippen LogP contribution is 2.19. The Morgan fingerprint density at radius 1 is 1.16 bits per heavy atom. The third-order valence-electron chi connectivity index (χ3n) is 3.88. The number of aromatic nitrogens is 3. The Morgan fingerprint density at radius 3 is 2.60 bits per heavy atom. The first kappa shape index (κ1) is 17.2. The van der Waals surface area contributed by atoms with E-state index in [-0.39, 0.29) is 11.9 Å². The fourth-order valence-electron chi connectivity index (χ4n) is 2.48. The van der Waals surface area contributed by atoms with E-state index in [4.69, 9.17) is 11.6 Å². The number of hydrogen-bond acceptors (Lipinski definition) is 3. The Labute approximate surface area is 151 Å². The first-order chi connectivity index (χ1) is 12.1. The van der Waals surface area contributed by atoms with E-state index in [2.05, 4.69) is 20.5 Å². The molecule has 1 amide bonds. The van der Waals surface area contributed by atoms with Crippen molar-refractivity contribution in [2.45, 2.75) is 25.8 Å². The van der Waals surface area contributed by atoms with Crippen molar-refractivity contribution in [2.24, 2.45) is 0 Å². The fourth-order valence-corrected chi connectivity index (χ4v) is 2.61. The maximum atomic E-state index is 12.1. The van der Waals surface area contributed by atoms with Gasteiger partial charge in [0.05, 0.1) is 6.04 Å². The average molecular weight is 355 g/mol. The number of halogens is 1. The highest BCUT2D eigenvalue weighted by molar-refractivity contribution is 6.30. The molecule has 1 heterocycles. The van der Waals surface area contributed by atoms with Gasteiger partial charge in [0.1, 0.15) is 5.82 Å². The second kappa shape index (κ2) is 7.94. The molecule has 0 saturated carbocycles. The van der Waals surface area contributed by atoms with Gasteiger partial charge in [0, 0.05) is 17.0 Å². The van der Waals surface area contributed by atoms with Gasteiger partial charge < -0.3 is 5.32 Å². The topological polar surface area (TPSA) is 70.7 Å². The van der Waals surface area contributed by atoms with Crippen molar-refractivity contribution in [2.75, 3.05) is 0 Å². The molecule has 0 saturated heterocycles. The van der Waals surface area contributed by atoms with Crippen LogP contribution >= 0.6 is 11.6 Å². The standard InChI is InChI=1S/C19H19ClN4O/c1-13(21-17(25)12-7-14-5-3-2-4-6-14)18-22-19(24-23-18)15-8-10-16(20)11-9-15/h2-6,8-11,13H,7,12H2,1H3,(H,21,25)(H,22,23,24). The maximum Gasteiger partial charge on any atom is 0.220 e. The lowest BCUT2D eigenvalue weighted by atomic mass is 10.1. The molecule has 0 aliphatic rings. The summed E-state index contributed by atoms with van der Waals surface area (Å²) in [6, 6.07) is 17.0. The zero-order valence-corrected chi connectivity index (χ0v) is 14.6. The molecule has 1 unspecified atom stereocenters. The Kier molecular flexibility index (Phi) is 5.46. The normalized spacial score (nSPS) is 11.9. The van der Waals surface area contributed by atoms with Gasteiger partial charge >= 0.3 is 0 Å². The van der Waals surface area contributed by atoms with Crippen LogP contribution in [0.3, 0.4) is 0 Å². The lowest BCUT2D eigenvalue weighted by molar-refractivity contribution is -0.121. The highest BCUT2D eigenvalue weighted by Gasteiger charge is 2.14. The summed E-state index contributed by atoms with van der Waals surface area (Å²) in [5.74, 6) is 1.19. The Morgan fingerprint density at radius 2 is 1.88 bits per heavy atom. The summed E-state index contributed by atoms with van der Waals surface area (Å²) in [4.78, 5) is 16.6. The van der Waals surface area contributed by atoms with Crippen LogP contribution in [0.1, 0.15) is 30.8 Å². The number of hydrogen-bond donors (Lipinski definition) is 2. The van der Waals surface area contributed by atoms with E-state index in [1.165, 1.54) is 0 Å². The lowest BCUT2D eigenvalue weighted by Gasteiger charge is -2.11. The molecule has 25 heavy (non-hydrogen) atoms. The molecule has 1 aromatic heterocycles. The van der Waals surface area contributed by atoms with Gasteiger partial charge in [-0.05, 0) is 43.2 Å². The predicted octanol–water partition coefficient (Wildman–Crippen LogP) is 3.94. The summed E-state index contributed by atoms with van der Waals surface area (Å²) in [6.45, 7) is 1.88. The summed E-state index contributed by atoms with van der Waals surface area (Å²) in [5.41, 5.74) is 2.02. The number of rotatable bonds is 6. The molecule has 2 aromatic carbocycles.